The third-order valence-corrected chi connectivity index (χ3v) is 2.92. The minimum Gasteiger partial charge on any atom is -0.396 e. The third-order valence-electron chi connectivity index (χ3n) is 2.92. The molecule has 0 saturated heterocycles. The van der Waals surface area contributed by atoms with Gasteiger partial charge in [0.1, 0.15) is 0 Å². The normalized spacial score (nSPS) is 15.9. The maximum Gasteiger partial charge on any atom is 0.0496 e. The zero-order valence-electron chi connectivity index (χ0n) is 9.79. The molecule has 3 heteroatoms. The van der Waals surface area contributed by atoms with E-state index in [9.17, 15) is 5.11 Å². The molecule has 0 aromatic heterocycles. The molecule has 86 valence electrons. The molecule has 0 spiro atoms. The van der Waals surface area contributed by atoms with Gasteiger partial charge in [0, 0.05) is 31.7 Å². The SMILES string of the molecule is CCN(CCCO)CC(C)(CC)CO. The van der Waals surface area contributed by atoms with E-state index in [1.165, 1.54) is 0 Å². The molecule has 0 saturated carbocycles. The lowest BCUT2D eigenvalue weighted by molar-refractivity contribution is 0.0836. The fraction of sp³-hybridized carbons (Fsp3) is 1.00. The molecule has 0 aliphatic heterocycles. The highest BCUT2D eigenvalue weighted by atomic mass is 16.3. The molecule has 0 aliphatic rings. The van der Waals surface area contributed by atoms with Crippen molar-refractivity contribution < 1.29 is 10.2 Å². The lowest BCUT2D eigenvalue weighted by Gasteiger charge is -2.32. The van der Waals surface area contributed by atoms with Crippen molar-refractivity contribution in [2.75, 3.05) is 32.8 Å². The minimum absolute atomic E-state index is 0.00542. The highest BCUT2D eigenvalue weighted by Crippen LogP contribution is 2.21. The van der Waals surface area contributed by atoms with E-state index < -0.39 is 0 Å². The van der Waals surface area contributed by atoms with Crippen molar-refractivity contribution in [2.45, 2.75) is 33.6 Å². The number of aliphatic hydroxyl groups excluding tert-OH is 2. The highest BCUT2D eigenvalue weighted by molar-refractivity contribution is 4.76. The summed E-state index contributed by atoms with van der Waals surface area (Å²) >= 11 is 0. The monoisotopic (exact) mass is 203 g/mol. The Balaban J connectivity index is 4.00. The van der Waals surface area contributed by atoms with Crippen molar-refractivity contribution in [2.24, 2.45) is 5.41 Å². The van der Waals surface area contributed by atoms with Crippen molar-refractivity contribution in [3.05, 3.63) is 0 Å². The van der Waals surface area contributed by atoms with Crippen LogP contribution in [0.25, 0.3) is 0 Å². The van der Waals surface area contributed by atoms with Crippen LogP contribution in [0.15, 0.2) is 0 Å². The largest absolute Gasteiger partial charge is 0.396 e. The topological polar surface area (TPSA) is 43.7 Å². The predicted molar refractivity (Wildman–Crippen MR) is 59.3 cm³/mol. The van der Waals surface area contributed by atoms with E-state index in [4.69, 9.17) is 5.11 Å². The van der Waals surface area contributed by atoms with Crippen LogP contribution in [0.2, 0.25) is 0 Å². The summed E-state index contributed by atoms with van der Waals surface area (Å²) in [7, 11) is 0. The number of aliphatic hydroxyl groups is 2. The van der Waals surface area contributed by atoms with Crippen LogP contribution in [0.4, 0.5) is 0 Å². The quantitative estimate of drug-likeness (QED) is 0.621. The number of nitrogens with zero attached hydrogens (tertiary/aromatic N) is 1. The standard InChI is InChI=1S/C11H25NO2/c1-4-11(3,10-14)9-12(5-2)7-6-8-13/h13-14H,4-10H2,1-3H3. The maximum atomic E-state index is 9.28. The van der Waals surface area contributed by atoms with Crippen molar-refractivity contribution >= 4 is 0 Å². The molecule has 0 heterocycles. The minimum atomic E-state index is 0.00542. The van der Waals surface area contributed by atoms with E-state index in [-0.39, 0.29) is 18.6 Å². The van der Waals surface area contributed by atoms with Crippen molar-refractivity contribution in [1.29, 1.82) is 0 Å². The van der Waals surface area contributed by atoms with E-state index in [1.54, 1.807) is 0 Å². The molecule has 0 fully saturated rings. The molecule has 2 N–H and O–H groups in total. The van der Waals surface area contributed by atoms with Crippen LogP contribution in [0.3, 0.4) is 0 Å². The van der Waals surface area contributed by atoms with E-state index in [1.807, 2.05) is 0 Å². The molecule has 1 atom stereocenters. The smallest absolute Gasteiger partial charge is 0.0496 e. The Labute approximate surface area is 87.7 Å². The van der Waals surface area contributed by atoms with Gasteiger partial charge in [-0.05, 0) is 19.4 Å². The van der Waals surface area contributed by atoms with Crippen LogP contribution in [0, 0.1) is 5.41 Å². The van der Waals surface area contributed by atoms with Gasteiger partial charge in [-0.1, -0.05) is 20.8 Å². The fourth-order valence-electron chi connectivity index (χ4n) is 1.46. The van der Waals surface area contributed by atoms with Crippen LogP contribution < -0.4 is 0 Å². The molecule has 3 nitrogen and oxygen atoms in total. The van der Waals surface area contributed by atoms with Gasteiger partial charge in [0.25, 0.3) is 0 Å². The van der Waals surface area contributed by atoms with Gasteiger partial charge in [0.15, 0.2) is 0 Å². The first kappa shape index (κ1) is 13.9. The lowest BCUT2D eigenvalue weighted by atomic mass is 9.88. The van der Waals surface area contributed by atoms with Crippen molar-refractivity contribution in [3.63, 3.8) is 0 Å². The molecular formula is C11H25NO2. The summed E-state index contributed by atoms with van der Waals surface area (Å²) in [5, 5.41) is 18.0. The molecule has 0 aliphatic carbocycles. The second kappa shape index (κ2) is 7.21. The summed E-state index contributed by atoms with van der Waals surface area (Å²) in [6.07, 6.45) is 1.80. The lowest BCUT2D eigenvalue weighted by Crippen LogP contribution is -2.38. The van der Waals surface area contributed by atoms with Gasteiger partial charge in [-0.15, -0.1) is 0 Å². The summed E-state index contributed by atoms with van der Waals surface area (Å²) < 4.78 is 0. The van der Waals surface area contributed by atoms with Gasteiger partial charge in [-0.3, -0.25) is 0 Å². The van der Waals surface area contributed by atoms with Gasteiger partial charge in [0.2, 0.25) is 0 Å². The Kier molecular flexibility index (Phi) is 7.15. The van der Waals surface area contributed by atoms with Crippen LogP contribution >= 0.6 is 0 Å². The Bertz CT molecular complexity index is 135. The second-order valence-corrected chi connectivity index (χ2v) is 4.27. The first-order valence-electron chi connectivity index (χ1n) is 5.56. The summed E-state index contributed by atoms with van der Waals surface area (Å²) in [4.78, 5) is 2.29. The predicted octanol–water partition coefficient (Wildman–Crippen LogP) is 1.10. The fourth-order valence-corrected chi connectivity index (χ4v) is 1.46. The molecular weight excluding hydrogens is 178 g/mol. The average Bonchev–Trinajstić information content (AvgIpc) is 2.23. The number of hydrogen-bond donors (Lipinski definition) is 2. The van der Waals surface area contributed by atoms with Gasteiger partial charge in [-0.2, -0.15) is 0 Å². The molecule has 0 radical (unpaired) electrons. The van der Waals surface area contributed by atoms with E-state index in [2.05, 4.69) is 25.7 Å². The first-order chi connectivity index (χ1) is 6.61. The number of hydrogen-bond acceptors (Lipinski definition) is 3. The molecule has 0 aromatic rings. The van der Waals surface area contributed by atoms with Gasteiger partial charge in [-0.25, -0.2) is 0 Å². The third kappa shape index (κ3) is 4.94. The summed E-state index contributed by atoms with van der Waals surface area (Å²) in [6.45, 7) is 9.63. The summed E-state index contributed by atoms with van der Waals surface area (Å²) in [5.74, 6) is 0. The first-order valence-corrected chi connectivity index (χ1v) is 5.56. The summed E-state index contributed by atoms with van der Waals surface area (Å²) in [6, 6.07) is 0. The molecule has 14 heavy (non-hydrogen) atoms. The highest BCUT2D eigenvalue weighted by Gasteiger charge is 2.23. The van der Waals surface area contributed by atoms with Crippen LogP contribution in [-0.4, -0.2) is 48.0 Å². The second-order valence-electron chi connectivity index (χ2n) is 4.27. The van der Waals surface area contributed by atoms with Gasteiger partial charge < -0.3 is 15.1 Å². The zero-order valence-corrected chi connectivity index (χ0v) is 9.79. The molecule has 0 rings (SSSR count). The molecule has 0 amide bonds. The van der Waals surface area contributed by atoms with Crippen molar-refractivity contribution in [1.82, 2.24) is 4.90 Å². The van der Waals surface area contributed by atoms with Crippen LogP contribution in [0.1, 0.15) is 33.6 Å². The van der Waals surface area contributed by atoms with E-state index >= 15 is 0 Å². The van der Waals surface area contributed by atoms with Gasteiger partial charge >= 0.3 is 0 Å². The summed E-state index contributed by atoms with van der Waals surface area (Å²) in [5.41, 5.74) is 0.00542. The Morgan fingerprint density at radius 2 is 1.86 bits per heavy atom. The Morgan fingerprint density at radius 1 is 1.21 bits per heavy atom. The van der Waals surface area contributed by atoms with Crippen LogP contribution in [0.5, 0.6) is 0 Å². The molecule has 0 bridgehead atoms. The van der Waals surface area contributed by atoms with Crippen LogP contribution in [-0.2, 0) is 0 Å². The maximum absolute atomic E-state index is 9.28. The molecule has 1 unspecified atom stereocenters. The van der Waals surface area contributed by atoms with E-state index in [0.29, 0.717) is 0 Å². The number of rotatable bonds is 8. The Morgan fingerprint density at radius 3 is 2.21 bits per heavy atom. The van der Waals surface area contributed by atoms with Crippen molar-refractivity contribution in [3.8, 4) is 0 Å². The van der Waals surface area contributed by atoms with E-state index in [0.717, 1.165) is 32.5 Å². The average molecular weight is 203 g/mol. The molecule has 0 aromatic carbocycles. The Hall–Kier alpha value is -0.120. The zero-order chi connectivity index (χ0) is 11.0. The van der Waals surface area contributed by atoms with Gasteiger partial charge in [0.05, 0.1) is 0 Å².